The van der Waals surface area contributed by atoms with Gasteiger partial charge in [-0.25, -0.2) is 4.90 Å². The van der Waals surface area contributed by atoms with Gasteiger partial charge in [-0.2, -0.15) is 0 Å². The maximum Gasteiger partial charge on any atom is 0.240 e. The molecule has 4 nitrogen and oxygen atoms in total. The summed E-state index contributed by atoms with van der Waals surface area (Å²) in [5, 5.41) is 0. The number of rotatable bonds is 1. The number of ether oxygens (including phenoxy) is 1. The van der Waals surface area contributed by atoms with Crippen molar-refractivity contribution in [2.75, 3.05) is 4.90 Å². The van der Waals surface area contributed by atoms with Crippen molar-refractivity contribution in [3.05, 3.63) is 40.9 Å². The molecule has 2 saturated heterocycles. The fourth-order valence-electron chi connectivity index (χ4n) is 3.15. The van der Waals surface area contributed by atoms with Gasteiger partial charge in [0.15, 0.2) is 0 Å². The molecule has 5 heteroatoms. The minimum Gasteiger partial charge on any atom is -0.365 e. The van der Waals surface area contributed by atoms with Gasteiger partial charge in [0.1, 0.15) is 0 Å². The van der Waals surface area contributed by atoms with Crippen molar-refractivity contribution in [3.63, 3.8) is 0 Å². The Hall–Kier alpha value is -1.46. The predicted molar refractivity (Wildman–Crippen MR) is 71.4 cm³/mol. The summed E-state index contributed by atoms with van der Waals surface area (Å²) in [5.41, 5.74) is 0.631. The summed E-state index contributed by atoms with van der Waals surface area (Å²) >= 11 is 3.34. The first-order valence-electron chi connectivity index (χ1n) is 6.14. The van der Waals surface area contributed by atoms with Gasteiger partial charge < -0.3 is 4.74 Å². The molecular formula is C14H10BrNO3. The standard InChI is InChI=1S/C14H10BrNO3/c15-7-1-3-8(4-2-7)16-13(17)11-9-5-6-10(19-9)12(11)14(16)18/h1-6,9-12H/t9-,10-,11-,12+/m1/s1. The molecule has 0 spiro atoms. The monoisotopic (exact) mass is 319 g/mol. The highest BCUT2D eigenvalue weighted by Gasteiger charge is 2.60. The lowest BCUT2D eigenvalue weighted by atomic mass is 9.85. The summed E-state index contributed by atoms with van der Waals surface area (Å²) in [7, 11) is 0. The molecule has 0 N–H and O–H groups in total. The minimum atomic E-state index is -0.342. The van der Waals surface area contributed by atoms with Crippen LogP contribution in [0.5, 0.6) is 0 Å². The molecule has 0 aromatic heterocycles. The number of halogens is 1. The Morgan fingerprint density at radius 1 is 0.947 bits per heavy atom. The van der Waals surface area contributed by atoms with Gasteiger partial charge >= 0.3 is 0 Å². The van der Waals surface area contributed by atoms with Crippen molar-refractivity contribution in [1.82, 2.24) is 0 Å². The highest BCUT2D eigenvalue weighted by atomic mass is 79.9. The second-order valence-electron chi connectivity index (χ2n) is 4.99. The molecule has 0 saturated carbocycles. The Bertz CT molecular complexity index is 580. The van der Waals surface area contributed by atoms with Crippen LogP contribution in [-0.2, 0) is 14.3 Å². The van der Waals surface area contributed by atoms with Crippen molar-refractivity contribution in [3.8, 4) is 0 Å². The van der Waals surface area contributed by atoms with Crippen LogP contribution in [0.1, 0.15) is 0 Å². The van der Waals surface area contributed by atoms with Crippen molar-refractivity contribution in [2.45, 2.75) is 12.2 Å². The van der Waals surface area contributed by atoms with E-state index in [2.05, 4.69) is 15.9 Å². The Labute approximate surface area is 118 Å². The van der Waals surface area contributed by atoms with Crippen molar-refractivity contribution >= 4 is 33.4 Å². The number of benzene rings is 1. The predicted octanol–water partition coefficient (Wildman–Crippen LogP) is 1.89. The second kappa shape index (κ2) is 3.77. The Morgan fingerprint density at radius 2 is 1.47 bits per heavy atom. The summed E-state index contributed by atoms with van der Waals surface area (Å²) in [6.07, 6.45) is 3.32. The average molecular weight is 320 g/mol. The average Bonchev–Trinajstić information content (AvgIpc) is 3.06. The first-order chi connectivity index (χ1) is 9.16. The van der Waals surface area contributed by atoms with Crippen LogP contribution in [-0.4, -0.2) is 24.0 Å². The molecule has 1 aromatic rings. The van der Waals surface area contributed by atoms with E-state index in [4.69, 9.17) is 4.74 Å². The molecular weight excluding hydrogens is 310 g/mol. The smallest absolute Gasteiger partial charge is 0.240 e. The van der Waals surface area contributed by atoms with E-state index in [-0.39, 0.29) is 35.9 Å². The van der Waals surface area contributed by atoms with Crippen molar-refractivity contribution < 1.29 is 14.3 Å². The van der Waals surface area contributed by atoms with Crippen LogP contribution in [0.25, 0.3) is 0 Å². The number of fused-ring (bicyclic) bond motifs is 5. The molecule has 0 radical (unpaired) electrons. The van der Waals surface area contributed by atoms with Crippen LogP contribution < -0.4 is 4.90 Å². The Balaban J connectivity index is 1.74. The van der Waals surface area contributed by atoms with E-state index in [1.165, 1.54) is 4.90 Å². The molecule has 2 amide bonds. The van der Waals surface area contributed by atoms with E-state index in [1.807, 2.05) is 24.3 Å². The molecule has 4 rings (SSSR count). The fraction of sp³-hybridized carbons (Fsp3) is 0.286. The first-order valence-corrected chi connectivity index (χ1v) is 6.93. The SMILES string of the molecule is O=C1[C@@H]2[C@H](C(=O)N1c1ccc(Br)cc1)[C@H]1C=C[C@H]2O1. The van der Waals surface area contributed by atoms with Crippen molar-refractivity contribution in [2.24, 2.45) is 11.8 Å². The maximum absolute atomic E-state index is 12.5. The first kappa shape index (κ1) is 11.4. The molecule has 3 aliphatic heterocycles. The number of nitrogens with zero attached hydrogens (tertiary/aromatic N) is 1. The number of amides is 2. The molecule has 3 aliphatic rings. The normalized spacial score (nSPS) is 35.3. The number of carbonyl (C=O) groups is 2. The Kier molecular flexibility index (Phi) is 2.26. The molecule has 3 heterocycles. The molecule has 19 heavy (non-hydrogen) atoms. The third kappa shape index (κ3) is 1.42. The van der Waals surface area contributed by atoms with Crippen LogP contribution in [0.2, 0.25) is 0 Å². The zero-order chi connectivity index (χ0) is 13.1. The van der Waals surface area contributed by atoms with Gasteiger partial charge in [-0.3, -0.25) is 9.59 Å². The highest BCUT2D eigenvalue weighted by molar-refractivity contribution is 9.10. The molecule has 96 valence electrons. The van der Waals surface area contributed by atoms with Gasteiger partial charge in [-0.05, 0) is 24.3 Å². The quantitative estimate of drug-likeness (QED) is 0.586. The van der Waals surface area contributed by atoms with E-state index in [0.29, 0.717) is 5.69 Å². The van der Waals surface area contributed by atoms with Gasteiger partial charge in [0.25, 0.3) is 0 Å². The third-order valence-electron chi connectivity index (χ3n) is 4.00. The summed E-state index contributed by atoms with van der Waals surface area (Å²) < 4.78 is 6.51. The van der Waals surface area contributed by atoms with Crippen LogP contribution >= 0.6 is 15.9 Å². The minimum absolute atomic E-state index is 0.144. The van der Waals surface area contributed by atoms with E-state index < -0.39 is 0 Å². The summed E-state index contributed by atoms with van der Waals surface area (Å²) in [4.78, 5) is 26.2. The van der Waals surface area contributed by atoms with Gasteiger partial charge in [-0.15, -0.1) is 0 Å². The lowest BCUT2D eigenvalue weighted by Crippen LogP contribution is -2.34. The largest absolute Gasteiger partial charge is 0.365 e. The van der Waals surface area contributed by atoms with E-state index >= 15 is 0 Å². The van der Waals surface area contributed by atoms with Crippen LogP contribution in [0.4, 0.5) is 5.69 Å². The van der Waals surface area contributed by atoms with Gasteiger partial charge in [0, 0.05) is 4.47 Å². The number of hydrogen-bond acceptors (Lipinski definition) is 3. The summed E-state index contributed by atoms with van der Waals surface area (Å²) in [6, 6.07) is 7.20. The lowest BCUT2D eigenvalue weighted by molar-refractivity contribution is -0.124. The fourth-order valence-corrected chi connectivity index (χ4v) is 3.41. The van der Waals surface area contributed by atoms with Gasteiger partial charge in [0.05, 0.1) is 29.7 Å². The lowest BCUT2D eigenvalue weighted by Gasteiger charge is -2.17. The number of imide groups is 1. The van der Waals surface area contributed by atoms with Gasteiger partial charge in [0.2, 0.25) is 11.8 Å². The molecule has 0 aliphatic carbocycles. The highest BCUT2D eigenvalue weighted by Crippen LogP contribution is 2.46. The molecule has 2 fully saturated rings. The van der Waals surface area contributed by atoms with E-state index in [9.17, 15) is 9.59 Å². The third-order valence-corrected chi connectivity index (χ3v) is 4.52. The van der Waals surface area contributed by atoms with Crippen molar-refractivity contribution in [1.29, 1.82) is 0 Å². The number of carbonyl (C=O) groups excluding carboxylic acids is 2. The summed E-state index contributed by atoms with van der Waals surface area (Å²) in [6.45, 7) is 0. The molecule has 2 bridgehead atoms. The van der Waals surface area contributed by atoms with Crippen LogP contribution in [0.15, 0.2) is 40.9 Å². The topological polar surface area (TPSA) is 46.6 Å². The Morgan fingerprint density at radius 3 is 2.00 bits per heavy atom. The van der Waals surface area contributed by atoms with Crippen LogP contribution in [0.3, 0.4) is 0 Å². The molecule has 4 atom stereocenters. The molecule has 0 unspecified atom stereocenters. The maximum atomic E-state index is 12.5. The second-order valence-corrected chi connectivity index (χ2v) is 5.91. The number of anilines is 1. The zero-order valence-corrected chi connectivity index (χ0v) is 11.4. The van der Waals surface area contributed by atoms with Crippen LogP contribution in [0, 0.1) is 11.8 Å². The molecule has 1 aromatic carbocycles. The zero-order valence-electron chi connectivity index (χ0n) is 9.82. The van der Waals surface area contributed by atoms with Gasteiger partial charge in [-0.1, -0.05) is 28.1 Å². The van der Waals surface area contributed by atoms with E-state index in [0.717, 1.165) is 4.47 Å². The summed E-state index contributed by atoms with van der Waals surface area (Å²) in [5.74, 6) is -0.972. The number of hydrogen-bond donors (Lipinski definition) is 0. The van der Waals surface area contributed by atoms with E-state index in [1.54, 1.807) is 12.1 Å².